The molecule has 0 saturated heterocycles. The number of carbonyl (C=O) groups excluding carboxylic acids is 1. The van der Waals surface area contributed by atoms with Crippen LogP contribution in [-0.4, -0.2) is 36.5 Å². The molecule has 9 heteroatoms. The fourth-order valence-electron chi connectivity index (χ4n) is 3.24. The monoisotopic (exact) mass is 490 g/mol. The lowest BCUT2D eigenvalue weighted by Gasteiger charge is -2.07. The van der Waals surface area contributed by atoms with Crippen LogP contribution in [0.1, 0.15) is 21.6 Å². The van der Waals surface area contributed by atoms with Crippen LogP contribution in [0.3, 0.4) is 0 Å². The number of benzene rings is 3. The molecule has 0 aliphatic carbocycles. The molecule has 2 N–H and O–H groups in total. The van der Waals surface area contributed by atoms with E-state index >= 15 is 0 Å². The quantitative estimate of drug-likeness (QED) is 0.251. The fraction of sp³-hybridized carbons (Fsp3) is 0.115. The van der Waals surface area contributed by atoms with Crippen molar-refractivity contribution in [3.63, 3.8) is 0 Å². The van der Waals surface area contributed by atoms with E-state index in [-0.39, 0.29) is 5.69 Å². The Morgan fingerprint density at radius 3 is 2.60 bits per heavy atom. The third-order valence-corrected chi connectivity index (χ3v) is 5.31. The van der Waals surface area contributed by atoms with Crippen LogP contribution in [-0.2, 0) is 6.61 Å². The van der Waals surface area contributed by atoms with Crippen molar-refractivity contribution < 1.29 is 19.0 Å². The molecule has 4 rings (SSSR count). The average molecular weight is 491 g/mol. The molecule has 1 amide bonds. The zero-order chi connectivity index (χ0) is 24.6. The number of nitrogens with one attached hydrogen (secondary N) is 2. The van der Waals surface area contributed by atoms with Crippen LogP contribution in [0.25, 0.3) is 11.3 Å². The maximum Gasteiger partial charge on any atom is 0.289 e. The van der Waals surface area contributed by atoms with Gasteiger partial charge in [0.2, 0.25) is 0 Å². The summed E-state index contributed by atoms with van der Waals surface area (Å²) >= 11 is 5.92. The molecule has 0 saturated carbocycles. The van der Waals surface area contributed by atoms with E-state index in [2.05, 4.69) is 20.7 Å². The highest BCUT2D eigenvalue weighted by atomic mass is 35.5. The Kier molecular flexibility index (Phi) is 7.64. The van der Waals surface area contributed by atoms with Crippen LogP contribution in [0.15, 0.2) is 77.9 Å². The Balaban J connectivity index is 1.37. The molecule has 1 heterocycles. The number of carbonyl (C=O) groups is 1. The van der Waals surface area contributed by atoms with E-state index in [9.17, 15) is 4.79 Å². The number of hydrogen-bond donors (Lipinski definition) is 2. The molecule has 0 atom stereocenters. The summed E-state index contributed by atoms with van der Waals surface area (Å²) in [4.78, 5) is 12.5. The van der Waals surface area contributed by atoms with Crippen molar-refractivity contribution in [1.82, 2.24) is 15.6 Å². The summed E-state index contributed by atoms with van der Waals surface area (Å²) in [7, 11) is 3.12. The number of amides is 1. The van der Waals surface area contributed by atoms with E-state index < -0.39 is 5.91 Å². The lowest BCUT2D eigenvalue weighted by atomic mass is 10.1. The number of ether oxygens (including phenoxy) is 3. The van der Waals surface area contributed by atoms with Gasteiger partial charge >= 0.3 is 0 Å². The molecule has 0 radical (unpaired) electrons. The van der Waals surface area contributed by atoms with Crippen LogP contribution >= 0.6 is 11.6 Å². The molecule has 178 valence electrons. The highest BCUT2D eigenvalue weighted by Gasteiger charge is 2.11. The van der Waals surface area contributed by atoms with Crippen molar-refractivity contribution in [3.8, 4) is 28.5 Å². The summed E-state index contributed by atoms with van der Waals surface area (Å²) in [5.41, 5.74) is 5.92. The Labute approximate surface area is 207 Å². The number of aromatic amines is 1. The maximum absolute atomic E-state index is 12.5. The Morgan fingerprint density at radius 2 is 1.83 bits per heavy atom. The van der Waals surface area contributed by atoms with Crippen LogP contribution in [0.4, 0.5) is 0 Å². The lowest BCUT2D eigenvalue weighted by Crippen LogP contribution is -2.18. The van der Waals surface area contributed by atoms with Gasteiger partial charge in [-0.05, 0) is 59.7 Å². The van der Waals surface area contributed by atoms with Gasteiger partial charge in [0.1, 0.15) is 18.1 Å². The maximum atomic E-state index is 12.5. The summed E-state index contributed by atoms with van der Waals surface area (Å²) in [6, 6.07) is 21.9. The number of H-pyrrole nitrogens is 1. The zero-order valence-electron chi connectivity index (χ0n) is 19.1. The average Bonchev–Trinajstić information content (AvgIpc) is 3.39. The summed E-state index contributed by atoms with van der Waals surface area (Å²) in [6.07, 6.45) is 1.51. The van der Waals surface area contributed by atoms with Crippen LogP contribution in [0.2, 0.25) is 5.02 Å². The minimum absolute atomic E-state index is 0.275. The standard InChI is InChI=1S/C26H23ClN4O4/c1-33-24-11-8-18(12-25(24)34-2)15-28-31-26(32)23-14-22(29-30-23)19-4-3-5-21(13-19)35-16-17-6-9-20(27)10-7-17/h3-15H,16H2,1-2H3,(H,29,30)(H,31,32)/b28-15-. The van der Waals surface area contributed by atoms with Crippen LogP contribution in [0.5, 0.6) is 17.2 Å². The van der Waals surface area contributed by atoms with Crippen molar-refractivity contribution >= 4 is 23.7 Å². The molecular weight excluding hydrogens is 468 g/mol. The first-order chi connectivity index (χ1) is 17.1. The van der Waals surface area contributed by atoms with E-state index in [0.29, 0.717) is 34.6 Å². The molecule has 1 aromatic heterocycles. The molecular formula is C26H23ClN4O4. The Bertz CT molecular complexity index is 1340. The fourth-order valence-corrected chi connectivity index (χ4v) is 3.36. The largest absolute Gasteiger partial charge is 0.493 e. The molecule has 0 bridgehead atoms. The Hall–Kier alpha value is -4.30. The van der Waals surface area contributed by atoms with Crippen molar-refractivity contribution in [2.45, 2.75) is 6.61 Å². The normalized spacial score (nSPS) is 10.8. The highest BCUT2D eigenvalue weighted by molar-refractivity contribution is 6.30. The predicted octanol–water partition coefficient (Wildman–Crippen LogP) is 5.09. The zero-order valence-corrected chi connectivity index (χ0v) is 19.9. The van der Waals surface area contributed by atoms with Gasteiger partial charge in [0, 0.05) is 10.6 Å². The number of rotatable bonds is 9. The third kappa shape index (κ3) is 6.18. The minimum Gasteiger partial charge on any atom is -0.493 e. The van der Waals surface area contributed by atoms with Gasteiger partial charge < -0.3 is 14.2 Å². The molecule has 0 spiro atoms. The van der Waals surface area contributed by atoms with E-state index in [1.165, 1.54) is 6.21 Å². The lowest BCUT2D eigenvalue weighted by molar-refractivity contribution is 0.0950. The predicted molar refractivity (Wildman–Crippen MR) is 134 cm³/mol. The number of hydrazone groups is 1. The first kappa shape index (κ1) is 23.8. The number of nitrogens with zero attached hydrogens (tertiary/aromatic N) is 2. The van der Waals surface area contributed by atoms with Crippen molar-refractivity contribution in [2.75, 3.05) is 14.2 Å². The summed E-state index contributed by atoms with van der Waals surface area (Å²) in [5.74, 6) is 1.44. The topological polar surface area (TPSA) is 97.8 Å². The molecule has 8 nitrogen and oxygen atoms in total. The number of methoxy groups -OCH3 is 2. The van der Waals surface area contributed by atoms with Gasteiger partial charge in [0.15, 0.2) is 11.5 Å². The first-order valence-corrected chi connectivity index (χ1v) is 11.0. The van der Waals surface area contributed by atoms with Crippen molar-refractivity contribution in [3.05, 3.63) is 94.6 Å². The second-order valence-electron chi connectivity index (χ2n) is 7.42. The first-order valence-electron chi connectivity index (χ1n) is 10.6. The van der Waals surface area contributed by atoms with E-state index in [0.717, 1.165) is 16.7 Å². The van der Waals surface area contributed by atoms with Crippen LogP contribution < -0.4 is 19.6 Å². The molecule has 0 aliphatic heterocycles. The molecule has 0 fully saturated rings. The van der Waals surface area contributed by atoms with Gasteiger partial charge in [-0.15, -0.1) is 0 Å². The summed E-state index contributed by atoms with van der Waals surface area (Å²) in [6.45, 7) is 0.410. The van der Waals surface area contributed by atoms with Crippen molar-refractivity contribution in [1.29, 1.82) is 0 Å². The van der Waals surface area contributed by atoms with E-state index in [4.69, 9.17) is 25.8 Å². The van der Waals surface area contributed by atoms with Gasteiger partial charge in [0.25, 0.3) is 5.91 Å². The highest BCUT2D eigenvalue weighted by Crippen LogP contribution is 2.27. The van der Waals surface area contributed by atoms with Gasteiger partial charge in [-0.1, -0.05) is 35.9 Å². The SMILES string of the molecule is COc1ccc(/C=N\NC(=O)c2cc(-c3cccc(OCc4ccc(Cl)cc4)c3)n[nH]2)cc1OC. The number of hydrogen-bond acceptors (Lipinski definition) is 6. The molecule has 4 aromatic rings. The Morgan fingerprint density at radius 1 is 1.03 bits per heavy atom. The second kappa shape index (κ2) is 11.2. The molecule has 0 aliphatic rings. The van der Waals surface area contributed by atoms with Crippen LogP contribution in [0, 0.1) is 0 Å². The second-order valence-corrected chi connectivity index (χ2v) is 7.86. The molecule has 35 heavy (non-hydrogen) atoms. The summed E-state index contributed by atoms with van der Waals surface area (Å²) < 4.78 is 16.4. The number of halogens is 1. The number of aromatic nitrogens is 2. The molecule has 0 unspecified atom stereocenters. The molecule has 3 aromatic carbocycles. The third-order valence-electron chi connectivity index (χ3n) is 5.06. The van der Waals surface area contributed by atoms with Gasteiger partial charge in [-0.25, -0.2) is 5.43 Å². The van der Waals surface area contributed by atoms with Gasteiger partial charge in [0.05, 0.1) is 26.1 Å². The minimum atomic E-state index is -0.421. The van der Waals surface area contributed by atoms with E-state index in [1.54, 1.807) is 38.5 Å². The van der Waals surface area contributed by atoms with Crippen molar-refractivity contribution in [2.24, 2.45) is 5.10 Å². The van der Waals surface area contributed by atoms with E-state index in [1.807, 2.05) is 48.5 Å². The van der Waals surface area contributed by atoms with Gasteiger partial charge in [-0.3, -0.25) is 9.89 Å². The smallest absolute Gasteiger partial charge is 0.289 e. The van der Waals surface area contributed by atoms with Gasteiger partial charge in [-0.2, -0.15) is 10.2 Å². The summed E-state index contributed by atoms with van der Waals surface area (Å²) in [5, 5.41) is 11.7.